The molecule has 0 aromatic heterocycles. The summed E-state index contributed by atoms with van der Waals surface area (Å²) in [7, 11) is 1.55. The Balaban J connectivity index is 1.69. The molecule has 3 rings (SSSR count). The third kappa shape index (κ3) is 6.71. The molecule has 0 bridgehead atoms. The molecule has 0 saturated carbocycles. The van der Waals surface area contributed by atoms with E-state index in [0.717, 1.165) is 18.5 Å². The van der Waals surface area contributed by atoms with Gasteiger partial charge in [-0.05, 0) is 48.9 Å². The Hall–Kier alpha value is -3.59. The van der Waals surface area contributed by atoms with Gasteiger partial charge >= 0.3 is 5.97 Å². The predicted octanol–water partition coefficient (Wildman–Crippen LogP) is 2.68. The second-order valence-corrected chi connectivity index (χ2v) is 8.19. The summed E-state index contributed by atoms with van der Waals surface area (Å²) < 4.78 is 5.13. The van der Waals surface area contributed by atoms with Crippen LogP contribution < -0.4 is 20.3 Å². The molecule has 1 heterocycles. The number of nitrogens with zero attached hydrogens (tertiary/aromatic N) is 2. The van der Waals surface area contributed by atoms with E-state index in [2.05, 4.69) is 27.4 Å². The normalized spacial score (nSPS) is 13.9. The molecule has 34 heavy (non-hydrogen) atoms. The molecule has 2 aromatic carbocycles. The topological polar surface area (TPSA) is 111 Å². The van der Waals surface area contributed by atoms with E-state index in [1.165, 1.54) is 12.1 Å². The number of carboxylic acid groups (broad SMARTS) is 1. The van der Waals surface area contributed by atoms with Gasteiger partial charge < -0.3 is 25.4 Å². The number of carbonyl (C=O) groups is 3. The fraction of sp³-hybridized carbons (Fsp3) is 0.400. The first-order chi connectivity index (χ1) is 16.4. The lowest BCUT2D eigenvalue weighted by Gasteiger charge is -2.36. The molecule has 2 amide bonds. The van der Waals surface area contributed by atoms with E-state index < -0.39 is 5.97 Å². The molecule has 182 valence electrons. The van der Waals surface area contributed by atoms with Crippen LogP contribution in [-0.4, -0.2) is 74.2 Å². The highest BCUT2D eigenvalue weighted by molar-refractivity contribution is 6.06. The fourth-order valence-corrected chi connectivity index (χ4v) is 3.79. The third-order valence-corrected chi connectivity index (χ3v) is 5.78. The molecule has 1 fully saturated rings. The Kier molecular flexibility index (Phi) is 8.86. The average molecular weight is 469 g/mol. The summed E-state index contributed by atoms with van der Waals surface area (Å²) in [6, 6.07) is 11.4. The highest BCUT2D eigenvalue weighted by Gasteiger charge is 2.22. The number of benzene rings is 2. The number of carbonyl (C=O) groups excluding carboxylic acids is 2. The fourth-order valence-electron chi connectivity index (χ4n) is 3.79. The Labute approximate surface area is 199 Å². The molecule has 9 nitrogen and oxygen atoms in total. The van der Waals surface area contributed by atoms with Crippen LogP contribution in [0.1, 0.15) is 40.5 Å². The summed E-state index contributed by atoms with van der Waals surface area (Å²) in [5, 5.41) is 15.2. The van der Waals surface area contributed by atoms with Crippen molar-refractivity contribution in [1.82, 2.24) is 10.2 Å². The van der Waals surface area contributed by atoms with Crippen molar-refractivity contribution >= 4 is 29.2 Å². The van der Waals surface area contributed by atoms with Crippen molar-refractivity contribution in [1.29, 1.82) is 0 Å². The van der Waals surface area contributed by atoms with Gasteiger partial charge in [0.05, 0.1) is 30.6 Å². The van der Waals surface area contributed by atoms with E-state index in [9.17, 15) is 19.5 Å². The number of piperazine rings is 1. The summed E-state index contributed by atoms with van der Waals surface area (Å²) in [5.74, 6) is -0.735. The minimum absolute atomic E-state index is 0.0279. The summed E-state index contributed by atoms with van der Waals surface area (Å²) in [5.41, 5.74) is 1.72. The molecule has 1 aliphatic heterocycles. The summed E-state index contributed by atoms with van der Waals surface area (Å²) in [4.78, 5) is 40.7. The van der Waals surface area contributed by atoms with E-state index in [-0.39, 0.29) is 17.4 Å². The molecule has 3 N–H and O–H groups in total. The molecule has 9 heteroatoms. The standard InChI is InChI=1S/C25H32N4O5/c1-3-4-11-26-23(30)17-28-12-14-29(15-13-28)22-10-7-19(25(32)33)16-21(22)27-24(31)18-5-8-20(34-2)9-6-18/h5-10,16H,3-4,11-15,17H2,1-2H3,(H,26,30)(H,27,31)(H,32,33). The number of aromatic carboxylic acids is 1. The number of hydrogen-bond donors (Lipinski definition) is 3. The van der Waals surface area contributed by atoms with Crippen LogP contribution in [0.3, 0.4) is 0 Å². The number of methoxy groups -OCH3 is 1. The van der Waals surface area contributed by atoms with Crippen molar-refractivity contribution in [3.8, 4) is 5.75 Å². The first-order valence-electron chi connectivity index (χ1n) is 11.5. The number of carboxylic acids is 1. The van der Waals surface area contributed by atoms with E-state index in [1.54, 1.807) is 37.4 Å². The lowest BCUT2D eigenvalue weighted by Crippen LogP contribution is -2.49. The maximum Gasteiger partial charge on any atom is 0.335 e. The van der Waals surface area contributed by atoms with E-state index in [4.69, 9.17) is 4.74 Å². The Bertz CT molecular complexity index is 1000. The molecule has 0 unspecified atom stereocenters. The Morgan fingerprint density at radius 1 is 1.00 bits per heavy atom. The third-order valence-electron chi connectivity index (χ3n) is 5.78. The van der Waals surface area contributed by atoms with Crippen molar-refractivity contribution in [2.45, 2.75) is 19.8 Å². The van der Waals surface area contributed by atoms with Crippen LogP contribution in [0.15, 0.2) is 42.5 Å². The summed E-state index contributed by atoms with van der Waals surface area (Å²) >= 11 is 0. The van der Waals surface area contributed by atoms with Crippen LogP contribution in [0.5, 0.6) is 5.75 Å². The molecule has 2 aromatic rings. The highest BCUT2D eigenvalue weighted by atomic mass is 16.5. The molecule has 0 atom stereocenters. The molecule has 0 aliphatic carbocycles. The van der Waals surface area contributed by atoms with Gasteiger partial charge in [-0.15, -0.1) is 0 Å². The van der Waals surface area contributed by atoms with Crippen molar-refractivity contribution in [3.05, 3.63) is 53.6 Å². The van der Waals surface area contributed by atoms with Gasteiger partial charge in [0.2, 0.25) is 5.91 Å². The van der Waals surface area contributed by atoms with E-state index in [0.29, 0.717) is 56.3 Å². The zero-order valence-corrected chi connectivity index (χ0v) is 19.7. The monoisotopic (exact) mass is 468 g/mol. The van der Waals surface area contributed by atoms with Crippen molar-refractivity contribution < 1.29 is 24.2 Å². The van der Waals surface area contributed by atoms with Crippen LogP contribution in [0.4, 0.5) is 11.4 Å². The predicted molar refractivity (Wildman–Crippen MR) is 131 cm³/mol. The van der Waals surface area contributed by atoms with Crippen LogP contribution in [0.25, 0.3) is 0 Å². The molecule has 0 radical (unpaired) electrons. The SMILES string of the molecule is CCCCNC(=O)CN1CCN(c2ccc(C(=O)O)cc2NC(=O)c2ccc(OC)cc2)CC1. The van der Waals surface area contributed by atoms with Crippen LogP contribution >= 0.6 is 0 Å². The van der Waals surface area contributed by atoms with Gasteiger partial charge in [-0.1, -0.05) is 13.3 Å². The van der Waals surface area contributed by atoms with Gasteiger partial charge in [0.25, 0.3) is 5.91 Å². The minimum Gasteiger partial charge on any atom is -0.497 e. The van der Waals surface area contributed by atoms with Crippen molar-refractivity contribution in [2.75, 3.05) is 56.6 Å². The quantitative estimate of drug-likeness (QED) is 0.460. The van der Waals surface area contributed by atoms with Gasteiger partial charge in [0.15, 0.2) is 0 Å². The van der Waals surface area contributed by atoms with Crippen LogP contribution in [-0.2, 0) is 4.79 Å². The Morgan fingerprint density at radius 2 is 1.68 bits per heavy atom. The molecular weight excluding hydrogens is 436 g/mol. The van der Waals surface area contributed by atoms with Crippen molar-refractivity contribution in [3.63, 3.8) is 0 Å². The second kappa shape index (κ2) is 12.0. The number of anilines is 2. The lowest BCUT2D eigenvalue weighted by molar-refractivity contribution is -0.122. The molecule has 0 spiro atoms. The largest absolute Gasteiger partial charge is 0.497 e. The van der Waals surface area contributed by atoms with Gasteiger partial charge in [0.1, 0.15) is 5.75 Å². The van der Waals surface area contributed by atoms with E-state index >= 15 is 0 Å². The van der Waals surface area contributed by atoms with Crippen LogP contribution in [0.2, 0.25) is 0 Å². The first kappa shape index (κ1) is 25.0. The van der Waals surface area contributed by atoms with Gasteiger partial charge in [0, 0.05) is 38.3 Å². The summed E-state index contributed by atoms with van der Waals surface area (Å²) in [6.45, 7) is 5.82. The number of amides is 2. The lowest BCUT2D eigenvalue weighted by atomic mass is 10.1. The molecular formula is C25H32N4O5. The Morgan fingerprint density at radius 3 is 2.29 bits per heavy atom. The number of nitrogens with one attached hydrogen (secondary N) is 2. The minimum atomic E-state index is -1.06. The van der Waals surface area contributed by atoms with Gasteiger partial charge in [-0.25, -0.2) is 4.79 Å². The zero-order chi connectivity index (χ0) is 24.5. The molecule has 1 aliphatic rings. The number of unbranched alkanes of at least 4 members (excludes halogenated alkanes) is 1. The maximum atomic E-state index is 12.8. The smallest absolute Gasteiger partial charge is 0.335 e. The number of rotatable bonds is 10. The first-order valence-corrected chi connectivity index (χ1v) is 11.5. The van der Waals surface area contributed by atoms with Crippen LogP contribution in [0, 0.1) is 0 Å². The van der Waals surface area contributed by atoms with Gasteiger partial charge in [-0.2, -0.15) is 0 Å². The molecule has 1 saturated heterocycles. The second-order valence-electron chi connectivity index (χ2n) is 8.19. The number of ether oxygens (including phenoxy) is 1. The average Bonchev–Trinajstić information content (AvgIpc) is 2.84. The van der Waals surface area contributed by atoms with Crippen molar-refractivity contribution in [2.24, 2.45) is 0 Å². The zero-order valence-electron chi connectivity index (χ0n) is 19.7. The summed E-state index contributed by atoms with van der Waals surface area (Å²) in [6.07, 6.45) is 2.01. The maximum absolute atomic E-state index is 12.8. The highest BCUT2D eigenvalue weighted by Crippen LogP contribution is 2.29. The van der Waals surface area contributed by atoms with E-state index in [1.807, 2.05) is 0 Å². The number of hydrogen-bond acceptors (Lipinski definition) is 6. The van der Waals surface area contributed by atoms with Gasteiger partial charge in [-0.3, -0.25) is 14.5 Å².